The number of esters is 1. The van der Waals surface area contributed by atoms with Crippen LogP contribution in [0.3, 0.4) is 0 Å². The predicted octanol–water partition coefficient (Wildman–Crippen LogP) is 15.9. The number of carbonyl (C=O) groups is 2. The summed E-state index contributed by atoms with van der Waals surface area (Å²) >= 11 is 0. The SMILES string of the molecule is CCCCC/C=C\C/C=C\CCCCCCCC(=O)OCCCCCCCCCCCCCCCCC(=O)NC(CO)C(O)CCCCCCCCCCCCCCCC. The van der Waals surface area contributed by atoms with E-state index in [0.29, 0.717) is 25.9 Å². The third-order valence-corrected chi connectivity index (χ3v) is 12.3. The van der Waals surface area contributed by atoms with Crippen molar-refractivity contribution in [2.75, 3.05) is 13.2 Å². The Labute approximate surface area is 373 Å². The van der Waals surface area contributed by atoms with Gasteiger partial charge in [-0.3, -0.25) is 9.59 Å². The van der Waals surface area contributed by atoms with E-state index in [4.69, 9.17) is 4.74 Å². The molecule has 6 heteroatoms. The molecule has 0 fully saturated rings. The van der Waals surface area contributed by atoms with Crippen LogP contribution in [0.15, 0.2) is 24.3 Å². The fourth-order valence-corrected chi connectivity index (χ4v) is 8.14. The van der Waals surface area contributed by atoms with Crippen LogP contribution in [-0.2, 0) is 14.3 Å². The summed E-state index contributed by atoms with van der Waals surface area (Å²) < 4.78 is 5.46. The van der Waals surface area contributed by atoms with Crippen LogP contribution < -0.4 is 5.32 Å². The minimum absolute atomic E-state index is 0.0161. The summed E-state index contributed by atoms with van der Waals surface area (Å²) in [7, 11) is 0. The molecule has 0 heterocycles. The third kappa shape index (κ3) is 45.9. The van der Waals surface area contributed by atoms with Crippen molar-refractivity contribution in [1.82, 2.24) is 5.32 Å². The maximum atomic E-state index is 12.4. The first-order valence-electron chi connectivity index (χ1n) is 26.6. The highest BCUT2D eigenvalue weighted by molar-refractivity contribution is 5.76. The Morgan fingerprint density at radius 1 is 0.467 bits per heavy atom. The molecule has 0 aromatic rings. The first-order chi connectivity index (χ1) is 29.5. The minimum Gasteiger partial charge on any atom is -0.466 e. The van der Waals surface area contributed by atoms with Crippen molar-refractivity contribution in [2.24, 2.45) is 0 Å². The van der Waals surface area contributed by atoms with Crippen molar-refractivity contribution in [3.8, 4) is 0 Å². The van der Waals surface area contributed by atoms with Gasteiger partial charge >= 0.3 is 5.97 Å². The molecule has 1 amide bonds. The summed E-state index contributed by atoms with van der Waals surface area (Å²) in [4.78, 5) is 24.5. The van der Waals surface area contributed by atoms with Crippen molar-refractivity contribution in [1.29, 1.82) is 0 Å². The van der Waals surface area contributed by atoms with Crippen molar-refractivity contribution >= 4 is 11.9 Å². The lowest BCUT2D eigenvalue weighted by Crippen LogP contribution is -2.45. The quantitative estimate of drug-likeness (QED) is 0.0322. The number of aliphatic hydroxyl groups excluding tert-OH is 2. The van der Waals surface area contributed by atoms with Crippen LogP contribution in [0.2, 0.25) is 0 Å². The van der Waals surface area contributed by atoms with Gasteiger partial charge in [0, 0.05) is 12.8 Å². The van der Waals surface area contributed by atoms with Gasteiger partial charge in [-0.2, -0.15) is 0 Å². The molecule has 0 bridgehead atoms. The number of hydrogen-bond donors (Lipinski definition) is 3. The average Bonchev–Trinajstić information content (AvgIpc) is 3.25. The lowest BCUT2D eigenvalue weighted by molar-refractivity contribution is -0.143. The first-order valence-corrected chi connectivity index (χ1v) is 26.6. The van der Waals surface area contributed by atoms with E-state index >= 15 is 0 Å². The zero-order valence-electron chi connectivity index (χ0n) is 40.2. The van der Waals surface area contributed by atoms with Crippen LogP contribution in [0, 0.1) is 0 Å². The van der Waals surface area contributed by atoms with E-state index in [1.807, 2.05) is 0 Å². The Morgan fingerprint density at radius 3 is 1.30 bits per heavy atom. The monoisotopic (exact) mass is 846 g/mol. The Morgan fingerprint density at radius 2 is 0.833 bits per heavy atom. The highest BCUT2D eigenvalue weighted by Crippen LogP contribution is 2.16. The van der Waals surface area contributed by atoms with E-state index in [2.05, 4.69) is 43.5 Å². The molecule has 0 saturated carbocycles. The second-order valence-electron chi connectivity index (χ2n) is 18.2. The van der Waals surface area contributed by atoms with Crippen molar-refractivity contribution < 1.29 is 24.5 Å². The molecule has 0 rings (SSSR count). The van der Waals surface area contributed by atoms with Gasteiger partial charge in [0.2, 0.25) is 5.91 Å². The van der Waals surface area contributed by atoms with Crippen LogP contribution in [0.25, 0.3) is 0 Å². The molecule has 2 unspecified atom stereocenters. The summed E-state index contributed by atoms with van der Waals surface area (Å²) in [6.45, 7) is 4.90. The lowest BCUT2D eigenvalue weighted by atomic mass is 10.0. The summed E-state index contributed by atoms with van der Waals surface area (Å²) in [6, 6.07) is -0.549. The topological polar surface area (TPSA) is 95.9 Å². The molecule has 0 spiro atoms. The van der Waals surface area contributed by atoms with Crippen LogP contribution in [0.4, 0.5) is 0 Å². The Bertz CT molecular complexity index is 935. The van der Waals surface area contributed by atoms with Gasteiger partial charge in [0.25, 0.3) is 0 Å². The number of hydrogen-bond acceptors (Lipinski definition) is 5. The van der Waals surface area contributed by atoms with E-state index in [-0.39, 0.29) is 18.5 Å². The van der Waals surface area contributed by atoms with Gasteiger partial charge in [-0.25, -0.2) is 0 Å². The van der Waals surface area contributed by atoms with Gasteiger partial charge in [-0.05, 0) is 57.8 Å². The normalized spacial score (nSPS) is 12.8. The fourth-order valence-electron chi connectivity index (χ4n) is 8.14. The minimum atomic E-state index is -0.671. The third-order valence-electron chi connectivity index (χ3n) is 12.3. The van der Waals surface area contributed by atoms with Crippen molar-refractivity contribution in [3.05, 3.63) is 24.3 Å². The largest absolute Gasteiger partial charge is 0.466 e. The molecule has 0 aliphatic rings. The number of aliphatic hydroxyl groups is 2. The van der Waals surface area contributed by atoms with Crippen molar-refractivity contribution in [3.63, 3.8) is 0 Å². The smallest absolute Gasteiger partial charge is 0.305 e. The van der Waals surface area contributed by atoms with Gasteiger partial charge in [0.15, 0.2) is 0 Å². The second kappa shape index (κ2) is 50.0. The van der Waals surface area contributed by atoms with Gasteiger partial charge in [-0.1, -0.05) is 237 Å². The van der Waals surface area contributed by atoms with Gasteiger partial charge in [0.1, 0.15) is 0 Å². The molecule has 0 aliphatic heterocycles. The number of amides is 1. The molecule has 2 atom stereocenters. The van der Waals surface area contributed by atoms with E-state index < -0.39 is 12.1 Å². The number of carbonyl (C=O) groups excluding carboxylic acids is 2. The molecule has 0 aromatic carbocycles. The zero-order chi connectivity index (χ0) is 43.7. The lowest BCUT2D eigenvalue weighted by Gasteiger charge is -2.22. The molecule has 354 valence electrons. The van der Waals surface area contributed by atoms with Crippen LogP contribution >= 0.6 is 0 Å². The van der Waals surface area contributed by atoms with E-state index in [0.717, 1.165) is 57.8 Å². The zero-order valence-corrected chi connectivity index (χ0v) is 40.2. The molecular formula is C54H103NO5. The maximum Gasteiger partial charge on any atom is 0.305 e. The Balaban J connectivity index is 3.45. The summed E-state index contributed by atoms with van der Waals surface area (Å²) in [6.07, 6.45) is 58.6. The van der Waals surface area contributed by atoms with Crippen LogP contribution in [0.1, 0.15) is 284 Å². The van der Waals surface area contributed by atoms with Gasteiger partial charge in [-0.15, -0.1) is 0 Å². The first kappa shape index (κ1) is 58.3. The number of nitrogens with one attached hydrogen (secondary N) is 1. The highest BCUT2D eigenvalue weighted by atomic mass is 16.5. The fraction of sp³-hybridized carbons (Fsp3) is 0.889. The van der Waals surface area contributed by atoms with Crippen LogP contribution in [0.5, 0.6) is 0 Å². The second-order valence-corrected chi connectivity index (χ2v) is 18.2. The number of allylic oxidation sites excluding steroid dienone is 4. The molecule has 3 N–H and O–H groups in total. The number of ether oxygens (including phenoxy) is 1. The molecule has 0 aliphatic carbocycles. The van der Waals surface area contributed by atoms with Gasteiger partial charge in [0.05, 0.1) is 25.4 Å². The Kier molecular flexibility index (Phi) is 48.6. The molecular weight excluding hydrogens is 743 g/mol. The highest BCUT2D eigenvalue weighted by Gasteiger charge is 2.20. The standard InChI is InChI=1S/C54H103NO5/c1-3-5-7-9-11-13-15-17-19-24-28-32-36-40-44-48-54(59)60-49-45-41-37-33-29-25-21-20-23-27-31-35-39-43-47-53(58)55-51(50-56)52(57)46-42-38-34-30-26-22-18-16-14-12-10-8-6-4-2/h11,13,17,19,51-52,56-57H,3-10,12,14-16,18,20-50H2,1-2H3,(H,55,58)/b13-11-,19-17-. The van der Waals surface area contributed by atoms with E-state index in [1.54, 1.807) is 0 Å². The number of rotatable bonds is 49. The molecule has 60 heavy (non-hydrogen) atoms. The van der Waals surface area contributed by atoms with Crippen LogP contribution in [-0.4, -0.2) is 47.4 Å². The van der Waals surface area contributed by atoms with E-state index in [1.165, 1.54) is 193 Å². The molecule has 6 nitrogen and oxygen atoms in total. The summed E-state index contributed by atoms with van der Waals surface area (Å²) in [5, 5.41) is 23.2. The Hall–Kier alpha value is -1.66. The number of unbranched alkanes of at least 4 members (excludes halogenated alkanes) is 34. The molecule has 0 radical (unpaired) electrons. The van der Waals surface area contributed by atoms with Crippen molar-refractivity contribution in [2.45, 2.75) is 296 Å². The summed E-state index contributed by atoms with van der Waals surface area (Å²) in [5.41, 5.74) is 0. The van der Waals surface area contributed by atoms with Gasteiger partial charge < -0.3 is 20.3 Å². The summed E-state index contributed by atoms with van der Waals surface area (Å²) in [5.74, 6) is -0.0618. The van der Waals surface area contributed by atoms with E-state index in [9.17, 15) is 19.8 Å². The molecule has 0 aromatic heterocycles. The predicted molar refractivity (Wildman–Crippen MR) is 260 cm³/mol. The molecule has 0 saturated heterocycles. The maximum absolute atomic E-state index is 12.4. The average molecular weight is 846 g/mol.